The Morgan fingerprint density at radius 3 is 2.33 bits per heavy atom. The summed E-state index contributed by atoms with van der Waals surface area (Å²) < 4.78 is 11.2. The number of hydrogen-bond donors (Lipinski definition) is 2. The first-order valence-corrected chi connectivity index (χ1v) is 8.62. The predicted molar refractivity (Wildman–Crippen MR) is 89.6 cm³/mol. The summed E-state index contributed by atoms with van der Waals surface area (Å²) in [5.41, 5.74) is 0. The molecule has 21 heavy (non-hydrogen) atoms. The van der Waals surface area contributed by atoms with Crippen LogP contribution in [0.25, 0.3) is 0 Å². The highest BCUT2D eigenvalue weighted by atomic mass is 32.2. The van der Waals surface area contributed by atoms with Gasteiger partial charge in [-0.3, -0.25) is 0 Å². The van der Waals surface area contributed by atoms with Gasteiger partial charge in [-0.15, -0.1) is 0 Å². The molecule has 120 valence electrons. The summed E-state index contributed by atoms with van der Waals surface area (Å²) >= 11 is 1.86. The summed E-state index contributed by atoms with van der Waals surface area (Å²) in [6, 6.07) is 7.88. The lowest BCUT2D eigenvalue weighted by molar-refractivity contribution is 0.104. The Bertz CT molecular complexity index is 370. The molecule has 2 N–H and O–H groups in total. The van der Waals surface area contributed by atoms with Gasteiger partial charge in [0.25, 0.3) is 0 Å². The van der Waals surface area contributed by atoms with Crippen molar-refractivity contribution in [2.75, 3.05) is 31.3 Å². The van der Waals surface area contributed by atoms with Crippen molar-refractivity contribution >= 4 is 11.8 Å². The van der Waals surface area contributed by atoms with Crippen LogP contribution >= 0.6 is 11.8 Å². The Morgan fingerprint density at radius 2 is 1.76 bits per heavy atom. The normalized spacial score (nSPS) is 12.4. The summed E-state index contributed by atoms with van der Waals surface area (Å²) in [5.74, 6) is 3.71. The van der Waals surface area contributed by atoms with E-state index in [1.807, 2.05) is 49.9 Å². The molecule has 0 aliphatic rings. The van der Waals surface area contributed by atoms with Crippen molar-refractivity contribution in [2.45, 2.75) is 32.9 Å². The van der Waals surface area contributed by atoms with Crippen LogP contribution in [0.5, 0.6) is 11.5 Å². The van der Waals surface area contributed by atoms with Crippen LogP contribution in [0.15, 0.2) is 24.3 Å². The number of thioether (sulfide) groups is 1. The molecule has 1 rings (SSSR count). The molecule has 0 radical (unpaired) electrons. The summed E-state index contributed by atoms with van der Waals surface area (Å²) in [6.07, 6.45) is -0.505. The Morgan fingerprint density at radius 1 is 1.14 bits per heavy atom. The average Bonchev–Trinajstić information content (AvgIpc) is 2.48. The van der Waals surface area contributed by atoms with E-state index in [1.165, 1.54) is 0 Å². The minimum atomic E-state index is -0.505. The van der Waals surface area contributed by atoms with Crippen molar-refractivity contribution in [3.63, 3.8) is 0 Å². The fourth-order valence-electron chi connectivity index (χ4n) is 1.62. The maximum absolute atomic E-state index is 9.77. The van der Waals surface area contributed by atoms with Crippen LogP contribution in [0.2, 0.25) is 0 Å². The van der Waals surface area contributed by atoms with E-state index in [2.05, 4.69) is 12.2 Å². The highest BCUT2D eigenvalue weighted by Crippen LogP contribution is 2.18. The van der Waals surface area contributed by atoms with Crippen LogP contribution in [-0.2, 0) is 0 Å². The molecule has 4 nitrogen and oxygen atoms in total. The smallest absolute Gasteiger partial charge is 0.119 e. The number of aliphatic hydroxyl groups excluding tert-OH is 1. The lowest BCUT2D eigenvalue weighted by atomic mass is 10.3. The topological polar surface area (TPSA) is 50.7 Å². The maximum atomic E-state index is 9.77. The summed E-state index contributed by atoms with van der Waals surface area (Å²) in [4.78, 5) is 0. The molecule has 0 aliphatic carbocycles. The second kappa shape index (κ2) is 10.8. The lowest BCUT2D eigenvalue weighted by Gasteiger charge is -2.15. The first-order valence-electron chi connectivity index (χ1n) is 7.46. The predicted octanol–water partition coefficient (Wildman–Crippen LogP) is 2.56. The number of hydrogen-bond acceptors (Lipinski definition) is 5. The fraction of sp³-hybridized carbons (Fsp3) is 0.625. The van der Waals surface area contributed by atoms with Gasteiger partial charge in [-0.2, -0.15) is 11.8 Å². The van der Waals surface area contributed by atoms with E-state index in [4.69, 9.17) is 9.47 Å². The van der Waals surface area contributed by atoms with Gasteiger partial charge in [-0.25, -0.2) is 0 Å². The molecule has 0 heterocycles. The van der Waals surface area contributed by atoms with Crippen molar-refractivity contribution in [3.05, 3.63) is 24.3 Å². The molecule has 1 atom stereocenters. The molecule has 0 spiro atoms. The zero-order valence-electron chi connectivity index (χ0n) is 13.2. The van der Waals surface area contributed by atoms with E-state index in [0.29, 0.717) is 12.6 Å². The van der Waals surface area contributed by atoms with Crippen molar-refractivity contribution in [1.29, 1.82) is 0 Å². The summed E-state index contributed by atoms with van der Waals surface area (Å²) in [5, 5.41) is 12.9. The molecule has 0 aromatic heterocycles. The molecule has 0 fully saturated rings. The van der Waals surface area contributed by atoms with Gasteiger partial charge >= 0.3 is 0 Å². The molecule has 1 aromatic rings. The highest BCUT2D eigenvalue weighted by Gasteiger charge is 2.06. The second-order valence-electron chi connectivity index (χ2n) is 5.04. The fourth-order valence-corrected chi connectivity index (χ4v) is 2.11. The Labute approximate surface area is 132 Å². The van der Waals surface area contributed by atoms with Crippen LogP contribution in [0.3, 0.4) is 0 Å². The Balaban J connectivity index is 2.24. The second-order valence-corrected chi connectivity index (χ2v) is 6.44. The monoisotopic (exact) mass is 313 g/mol. The van der Waals surface area contributed by atoms with Crippen molar-refractivity contribution in [3.8, 4) is 11.5 Å². The van der Waals surface area contributed by atoms with E-state index in [0.717, 1.165) is 29.6 Å². The van der Waals surface area contributed by atoms with E-state index >= 15 is 0 Å². The minimum absolute atomic E-state index is 0.285. The van der Waals surface area contributed by atoms with Gasteiger partial charge in [0.15, 0.2) is 0 Å². The largest absolute Gasteiger partial charge is 0.493 e. The van der Waals surface area contributed by atoms with Crippen molar-refractivity contribution < 1.29 is 14.6 Å². The zero-order chi connectivity index (χ0) is 15.5. The van der Waals surface area contributed by atoms with Gasteiger partial charge in [0.05, 0.1) is 6.61 Å². The molecular weight excluding hydrogens is 286 g/mol. The number of rotatable bonds is 11. The van der Waals surface area contributed by atoms with Gasteiger partial charge in [0.1, 0.15) is 24.2 Å². The maximum Gasteiger partial charge on any atom is 0.119 e. The summed E-state index contributed by atoms with van der Waals surface area (Å²) in [6.45, 7) is 7.78. The van der Waals surface area contributed by atoms with Gasteiger partial charge in [-0.05, 0) is 30.0 Å². The van der Waals surface area contributed by atoms with Crippen LogP contribution in [0, 0.1) is 0 Å². The Kier molecular flexibility index (Phi) is 9.30. The van der Waals surface area contributed by atoms with E-state index in [1.54, 1.807) is 0 Å². The third-order valence-electron chi connectivity index (χ3n) is 2.73. The van der Waals surface area contributed by atoms with Crippen LogP contribution in [-0.4, -0.2) is 48.5 Å². The zero-order valence-corrected chi connectivity index (χ0v) is 14.0. The van der Waals surface area contributed by atoms with E-state index < -0.39 is 6.10 Å². The van der Waals surface area contributed by atoms with Crippen molar-refractivity contribution in [2.24, 2.45) is 0 Å². The SMILES string of the molecule is CCSCCOc1ccc(OCC(O)CNC(C)C)cc1. The minimum Gasteiger partial charge on any atom is -0.493 e. The van der Waals surface area contributed by atoms with E-state index in [-0.39, 0.29) is 6.61 Å². The van der Waals surface area contributed by atoms with Crippen LogP contribution in [0.4, 0.5) is 0 Å². The molecule has 0 saturated carbocycles. The molecule has 0 saturated heterocycles. The standard InChI is InChI=1S/C16H27NO3S/c1-4-21-10-9-19-15-5-7-16(8-6-15)20-12-14(18)11-17-13(2)3/h5-8,13-14,17-18H,4,9-12H2,1-3H3. The molecule has 1 unspecified atom stereocenters. The number of aliphatic hydroxyl groups is 1. The number of benzene rings is 1. The molecule has 0 aliphatic heterocycles. The first kappa shape index (κ1) is 18.1. The molecular formula is C16H27NO3S. The third-order valence-corrected chi connectivity index (χ3v) is 3.59. The molecule has 0 amide bonds. The summed E-state index contributed by atoms with van der Waals surface area (Å²) in [7, 11) is 0. The highest BCUT2D eigenvalue weighted by molar-refractivity contribution is 7.99. The van der Waals surface area contributed by atoms with Gasteiger partial charge in [0, 0.05) is 18.3 Å². The number of ether oxygens (including phenoxy) is 2. The van der Waals surface area contributed by atoms with Gasteiger partial charge in [-0.1, -0.05) is 20.8 Å². The quantitative estimate of drug-likeness (QED) is 0.615. The van der Waals surface area contributed by atoms with Gasteiger partial charge in [0.2, 0.25) is 0 Å². The van der Waals surface area contributed by atoms with Crippen molar-refractivity contribution in [1.82, 2.24) is 5.32 Å². The van der Waals surface area contributed by atoms with Crippen LogP contribution < -0.4 is 14.8 Å². The number of nitrogens with one attached hydrogen (secondary N) is 1. The molecule has 1 aromatic carbocycles. The average molecular weight is 313 g/mol. The third kappa shape index (κ3) is 8.86. The lowest BCUT2D eigenvalue weighted by Crippen LogP contribution is -2.35. The molecule has 5 heteroatoms. The Hall–Kier alpha value is -0.910. The van der Waals surface area contributed by atoms with Gasteiger partial charge < -0.3 is 19.9 Å². The van der Waals surface area contributed by atoms with E-state index in [9.17, 15) is 5.11 Å². The van der Waals surface area contributed by atoms with Crippen LogP contribution in [0.1, 0.15) is 20.8 Å². The molecule has 0 bridgehead atoms. The first-order chi connectivity index (χ1) is 10.1.